The van der Waals surface area contributed by atoms with E-state index >= 15 is 0 Å². The van der Waals surface area contributed by atoms with Crippen LogP contribution in [0.1, 0.15) is 18.4 Å². The van der Waals surface area contributed by atoms with Crippen LogP contribution in [0, 0.1) is 5.92 Å². The van der Waals surface area contributed by atoms with Crippen molar-refractivity contribution >= 4 is 40.6 Å². The van der Waals surface area contributed by atoms with E-state index in [0.29, 0.717) is 40.0 Å². The average molecular weight is 369 g/mol. The molecular weight excluding hydrogens is 351 g/mol. The number of nitrogens with zero attached hydrogens (tertiary/aromatic N) is 2. The Bertz CT molecular complexity index is 733. The summed E-state index contributed by atoms with van der Waals surface area (Å²) in [6, 6.07) is 4.87. The Kier molecular flexibility index (Phi) is 4.85. The van der Waals surface area contributed by atoms with E-state index in [1.807, 2.05) is 4.90 Å². The van der Waals surface area contributed by atoms with Gasteiger partial charge in [-0.2, -0.15) is 0 Å². The lowest BCUT2D eigenvalue weighted by Crippen LogP contribution is -2.39. The van der Waals surface area contributed by atoms with Gasteiger partial charge in [-0.05, 0) is 30.9 Å². The number of piperidine rings is 1. The molecule has 2 aliphatic rings. The third-order valence-corrected chi connectivity index (χ3v) is 5.10. The van der Waals surface area contributed by atoms with E-state index in [2.05, 4.69) is 0 Å². The molecular formula is C17H18Cl2N2O3. The monoisotopic (exact) mass is 368 g/mol. The molecule has 1 fully saturated rings. The molecule has 1 aromatic carbocycles. The minimum atomic E-state index is -0.370. The first kappa shape index (κ1) is 17.3. The van der Waals surface area contributed by atoms with Crippen molar-refractivity contribution in [3.05, 3.63) is 39.5 Å². The summed E-state index contributed by atoms with van der Waals surface area (Å²) < 4.78 is 0. The molecule has 7 heteroatoms. The zero-order valence-electron chi connectivity index (χ0n) is 13.3. The predicted octanol–water partition coefficient (Wildman–Crippen LogP) is 2.41. The minimum Gasteiger partial charge on any atom is -0.396 e. The van der Waals surface area contributed by atoms with Crippen molar-refractivity contribution < 1.29 is 14.7 Å². The van der Waals surface area contributed by atoms with Crippen molar-refractivity contribution in [1.82, 2.24) is 9.80 Å². The number of imide groups is 1. The molecule has 0 aromatic heterocycles. The van der Waals surface area contributed by atoms with Gasteiger partial charge in [0.15, 0.2) is 0 Å². The number of likely N-dealkylation sites (tertiary alicyclic amines) is 1. The molecule has 2 aliphatic heterocycles. The number of carbonyl (C=O) groups excluding carboxylic acids is 2. The highest BCUT2D eigenvalue weighted by molar-refractivity contribution is 6.41. The first-order valence-corrected chi connectivity index (χ1v) is 8.57. The number of amides is 2. The number of carbonyl (C=O) groups is 2. The molecule has 0 radical (unpaired) electrons. The molecule has 2 heterocycles. The molecule has 1 aromatic rings. The maximum Gasteiger partial charge on any atom is 0.277 e. The molecule has 1 saturated heterocycles. The summed E-state index contributed by atoms with van der Waals surface area (Å²) in [4.78, 5) is 28.3. The molecule has 0 saturated carbocycles. The molecule has 0 spiro atoms. The zero-order valence-corrected chi connectivity index (χ0v) is 14.8. The van der Waals surface area contributed by atoms with E-state index in [1.165, 1.54) is 7.05 Å². The fourth-order valence-corrected chi connectivity index (χ4v) is 3.78. The second-order valence-electron chi connectivity index (χ2n) is 6.15. The highest BCUT2D eigenvalue weighted by atomic mass is 35.5. The van der Waals surface area contributed by atoms with Gasteiger partial charge in [0, 0.05) is 37.3 Å². The highest BCUT2D eigenvalue weighted by Gasteiger charge is 2.41. The van der Waals surface area contributed by atoms with Gasteiger partial charge in [-0.1, -0.05) is 29.3 Å². The van der Waals surface area contributed by atoms with Gasteiger partial charge in [0.1, 0.15) is 5.70 Å². The second kappa shape index (κ2) is 6.75. The molecule has 2 amide bonds. The number of hydrogen-bond donors (Lipinski definition) is 1. The van der Waals surface area contributed by atoms with Gasteiger partial charge in [-0.25, -0.2) is 0 Å². The number of likely N-dealkylation sites (N-methyl/N-ethyl adjacent to an activating group) is 1. The molecule has 128 valence electrons. The van der Waals surface area contributed by atoms with Crippen molar-refractivity contribution in [1.29, 1.82) is 0 Å². The quantitative estimate of drug-likeness (QED) is 0.832. The maximum absolute atomic E-state index is 12.6. The van der Waals surface area contributed by atoms with Crippen LogP contribution in [0.5, 0.6) is 0 Å². The number of aliphatic hydroxyl groups is 1. The van der Waals surface area contributed by atoms with E-state index in [-0.39, 0.29) is 24.3 Å². The molecule has 5 nitrogen and oxygen atoms in total. The van der Waals surface area contributed by atoms with Crippen molar-refractivity contribution in [2.75, 3.05) is 26.7 Å². The first-order valence-electron chi connectivity index (χ1n) is 7.82. The van der Waals surface area contributed by atoms with Crippen LogP contribution in [0.2, 0.25) is 10.0 Å². The first-order chi connectivity index (χ1) is 11.4. The lowest BCUT2D eigenvalue weighted by molar-refractivity contribution is -0.136. The lowest BCUT2D eigenvalue weighted by atomic mass is 9.97. The predicted molar refractivity (Wildman–Crippen MR) is 92.5 cm³/mol. The number of aliphatic hydroxyl groups excluding tert-OH is 1. The van der Waals surface area contributed by atoms with Crippen molar-refractivity contribution in [2.45, 2.75) is 12.8 Å². The van der Waals surface area contributed by atoms with Crippen molar-refractivity contribution in [3.63, 3.8) is 0 Å². The summed E-state index contributed by atoms with van der Waals surface area (Å²) in [6.45, 7) is 1.29. The number of benzene rings is 1. The van der Waals surface area contributed by atoms with Crippen LogP contribution < -0.4 is 0 Å². The fourth-order valence-electron chi connectivity index (χ4n) is 3.27. The Labute approximate surface area is 150 Å². The Hall–Kier alpha value is -1.56. The Morgan fingerprint density at radius 1 is 1.25 bits per heavy atom. The van der Waals surface area contributed by atoms with Gasteiger partial charge in [0.2, 0.25) is 0 Å². The van der Waals surface area contributed by atoms with Crippen LogP contribution in [0.4, 0.5) is 0 Å². The van der Waals surface area contributed by atoms with E-state index in [1.54, 1.807) is 18.2 Å². The van der Waals surface area contributed by atoms with Crippen LogP contribution in [-0.4, -0.2) is 53.5 Å². The molecule has 0 aliphatic carbocycles. The van der Waals surface area contributed by atoms with E-state index in [0.717, 1.165) is 17.7 Å². The van der Waals surface area contributed by atoms with Gasteiger partial charge in [-0.15, -0.1) is 0 Å². The molecule has 3 rings (SSSR count). The van der Waals surface area contributed by atoms with Gasteiger partial charge in [0.25, 0.3) is 11.8 Å². The van der Waals surface area contributed by atoms with Crippen LogP contribution in [0.15, 0.2) is 23.9 Å². The number of rotatable bonds is 3. The number of halogens is 2. The lowest BCUT2D eigenvalue weighted by Gasteiger charge is -2.34. The average Bonchev–Trinajstić information content (AvgIpc) is 2.79. The van der Waals surface area contributed by atoms with Crippen LogP contribution in [0.3, 0.4) is 0 Å². The molecule has 24 heavy (non-hydrogen) atoms. The van der Waals surface area contributed by atoms with Gasteiger partial charge < -0.3 is 10.0 Å². The largest absolute Gasteiger partial charge is 0.396 e. The van der Waals surface area contributed by atoms with Gasteiger partial charge in [-0.3, -0.25) is 14.5 Å². The van der Waals surface area contributed by atoms with E-state index in [9.17, 15) is 14.7 Å². The third-order valence-electron chi connectivity index (χ3n) is 4.56. The van der Waals surface area contributed by atoms with E-state index in [4.69, 9.17) is 23.2 Å². The zero-order chi connectivity index (χ0) is 17.4. The normalized spacial score (nSPS) is 21.9. The molecule has 1 unspecified atom stereocenters. The van der Waals surface area contributed by atoms with Crippen LogP contribution >= 0.6 is 23.2 Å². The summed E-state index contributed by atoms with van der Waals surface area (Å²) in [5, 5.41) is 10.2. The standard InChI is InChI=1S/C17H18Cl2N2O3/c1-20-16(23)14(12-5-4-11(18)7-13(12)19)15(17(20)24)21-6-2-3-10(8-21)9-22/h4-5,7,10,22H,2-3,6,8-9H2,1H3. The summed E-state index contributed by atoms with van der Waals surface area (Å²) in [5.74, 6) is -0.605. The fraction of sp³-hybridized carbons (Fsp3) is 0.412. The smallest absolute Gasteiger partial charge is 0.277 e. The number of hydrogen-bond acceptors (Lipinski definition) is 4. The SMILES string of the molecule is CN1C(=O)C(c2ccc(Cl)cc2Cl)=C(N2CCCC(CO)C2)C1=O. The van der Waals surface area contributed by atoms with Crippen molar-refractivity contribution in [3.8, 4) is 0 Å². The summed E-state index contributed by atoms with van der Waals surface area (Å²) in [6.07, 6.45) is 1.77. The molecule has 1 atom stereocenters. The Morgan fingerprint density at radius 2 is 2.00 bits per heavy atom. The molecule has 0 bridgehead atoms. The van der Waals surface area contributed by atoms with Gasteiger partial charge >= 0.3 is 0 Å². The van der Waals surface area contributed by atoms with Gasteiger partial charge in [0.05, 0.1) is 10.6 Å². The van der Waals surface area contributed by atoms with Crippen molar-refractivity contribution in [2.24, 2.45) is 5.92 Å². The van der Waals surface area contributed by atoms with E-state index < -0.39 is 0 Å². The second-order valence-corrected chi connectivity index (χ2v) is 7.00. The van der Waals surface area contributed by atoms with Crippen LogP contribution in [-0.2, 0) is 9.59 Å². The highest BCUT2D eigenvalue weighted by Crippen LogP contribution is 2.36. The maximum atomic E-state index is 12.6. The summed E-state index contributed by atoms with van der Waals surface area (Å²) >= 11 is 12.2. The molecule has 1 N–H and O–H groups in total. The summed E-state index contributed by atoms with van der Waals surface area (Å²) in [5.41, 5.74) is 1.18. The Morgan fingerprint density at radius 3 is 2.67 bits per heavy atom. The third kappa shape index (κ3) is 2.92. The summed E-state index contributed by atoms with van der Waals surface area (Å²) in [7, 11) is 1.47. The minimum absolute atomic E-state index is 0.0682. The van der Waals surface area contributed by atoms with Crippen LogP contribution in [0.25, 0.3) is 5.57 Å². The Balaban J connectivity index is 2.10. The topological polar surface area (TPSA) is 60.9 Å².